The van der Waals surface area contributed by atoms with Gasteiger partial charge < -0.3 is 4.90 Å². The Morgan fingerprint density at radius 2 is 2.10 bits per heavy atom. The number of nitrogens with one attached hydrogen (secondary N) is 1. The van der Waals surface area contributed by atoms with Gasteiger partial charge in [0.15, 0.2) is 0 Å². The van der Waals surface area contributed by atoms with Crippen molar-refractivity contribution in [1.82, 2.24) is 19.4 Å². The van der Waals surface area contributed by atoms with Crippen molar-refractivity contribution in [2.75, 3.05) is 26.7 Å². The minimum Gasteiger partial charge on any atom is -0.304 e. The molecule has 2 rings (SSSR count). The standard InChI is InChI=1S/C13H24N4O2S/c1-11(2)16(3)10-12-4-6-17(7-5-12)20(18,19)13-8-14-15-9-13/h8-9,11-12H,4-7,10H2,1-3H3,(H,14,15). The van der Waals surface area contributed by atoms with Crippen LogP contribution in [0.15, 0.2) is 17.3 Å². The van der Waals surface area contributed by atoms with Crippen LogP contribution in [0, 0.1) is 5.92 Å². The van der Waals surface area contributed by atoms with Crippen LogP contribution in [0.4, 0.5) is 0 Å². The van der Waals surface area contributed by atoms with Gasteiger partial charge in [-0.3, -0.25) is 5.10 Å². The van der Waals surface area contributed by atoms with E-state index in [9.17, 15) is 8.42 Å². The van der Waals surface area contributed by atoms with E-state index in [-0.39, 0.29) is 4.90 Å². The van der Waals surface area contributed by atoms with Crippen LogP contribution in [0.5, 0.6) is 0 Å². The molecule has 0 bridgehead atoms. The second-order valence-electron chi connectivity index (χ2n) is 5.81. The first-order chi connectivity index (χ1) is 9.41. The lowest BCUT2D eigenvalue weighted by Gasteiger charge is -2.34. The van der Waals surface area contributed by atoms with Crippen molar-refractivity contribution >= 4 is 10.0 Å². The molecule has 0 aliphatic carbocycles. The van der Waals surface area contributed by atoms with E-state index in [1.165, 1.54) is 12.4 Å². The molecule has 6 nitrogen and oxygen atoms in total. The number of rotatable bonds is 5. The monoisotopic (exact) mass is 300 g/mol. The molecule has 0 aromatic carbocycles. The van der Waals surface area contributed by atoms with Gasteiger partial charge in [-0.1, -0.05) is 0 Å². The number of hydrogen-bond acceptors (Lipinski definition) is 4. The topological polar surface area (TPSA) is 69.3 Å². The lowest BCUT2D eigenvalue weighted by Crippen LogP contribution is -2.41. The summed E-state index contributed by atoms with van der Waals surface area (Å²) in [5.74, 6) is 0.582. The molecular weight excluding hydrogens is 276 g/mol. The lowest BCUT2D eigenvalue weighted by atomic mass is 9.97. The average molecular weight is 300 g/mol. The molecule has 1 aromatic heterocycles. The van der Waals surface area contributed by atoms with Gasteiger partial charge in [0.05, 0.1) is 6.20 Å². The summed E-state index contributed by atoms with van der Waals surface area (Å²) in [6.45, 7) is 6.60. The highest BCUT2D eigenvalue weighted by Crippen LogP contribution is 2.24. The number of nitrogens with zero attached hydrogens (tertiary/aromatic N) is 3. The van der Waals surface area contributed by atoms with Gasteiger partial charge in [0, 0.05) is 31.9 Å². The second kappa shape index (κ2) is 6.24. The fourth-order valence-corrected chi connectivity index (χ4v) is 3.86. The molecule has 1 N–H and O–H groups in total. The summed E-state index contributed by atoms with van der Waals surface area (Å²) >= 11 is 0. The Morgan fingerprint density at radius 3 is 2.60 bits per heavy atom. The van der Waals surface area contributed by atoms with Crippen molar-refractivity contribution in [1.29, 1.82) is 0 Å². The van der Waals surface area contributed by atoms with Crippen molar-refractivity contribution in [3.05, 3.63) is 12.4 Å². The van der Waals surface area contributed by atoms with Crippen LogP contribution < -0.4 is 0 Å². The van der Waals surface area contributed by atoms with Crippen molar-refractivity contribution in [2.24, 2.45) is 5.92 Å². The second-order valence-corrected chi connectivity index (χ2v) is 7.75. The van der Waals surface area contributed by atoms with E-state index in [1.54, 1.807) is 4.31 Å². The maximum absolute atomic E-state index is 12.3. The molecule has 20 heavy (non-hydrogen) atoms. The Morgan fingerprint density at radius 1 is 1.45 bits per heavy atom. The first kappa shape index (κ1) is 15.5. The fraction of sp³-hybridized carbons (Fsp3) is 0.769. The van der Waals surface area contributed by atoms with Gasteiger partial charge in [0.2, 0.25) is 10.0 Å². The minimum absolute atomic E-state index is 0.259. The zero-order valence-corrected chi connectivity index (χ0v) is 13.2. The third-order valence-electron chi connectivity index (χ3n) is 4.11. The highest BCUT2D eigenvalue weighted by atomic mass is 32.2. The predicted molar refractivity (Wildman–Crippen MR) is 77.8 cm³/mol. The molecule has 0 saturated carbocycles. The highest BCUT2D eigenvalue weighted by Gasteiger charge is 2.30. The van der Waals surface area contributed by atoms with Crippen LogP contribution in [0.2, 0.25) is 0 Å². The summed E-state index contributed by atoms with van der Waals surface area (Å²) < 4.78 is 26.3. The van der Waals surface area contributed by atoms with Gasteiger partial charge in [0.25, 0.3) is 0 Å². The molecule has 7 heteroatoms. The Balaban J connectivity index is 1.92. The molecule has 0 radical (unpaired) electrons. The van der Waals surface area contributed by atoms with Gasteiger partial charge in [-0.25, -0.2) is 8.42 Å². The van der Waals surface area contributed by atoms with Gasteiger partial charge in [-0.2, -0.15) is 9.40 Å². The number of piperidine rings is 1. The minimum atomic E-state index is -3.36. The van der Waals surface area contributed by atoms with Crippen molar-refractivity contribution in [2.45, 2.75) is 37.6 Å². The quantitative estimate of drug-likeness (QED) is 0.885. The van der Waals surface area contributed by atoms with Gasteiger partial charge in [-0.15, -0.1) is 0 Å². The van der Waals surface area contributed by atoms with Crippen LogP contribution in [-0.2, 0) is 10.0 Å². The third-order valence-corrected chi connectivity index (χ3v) is 5.98. The van der Waals surface area contributed by atoms with Crippen molar-refractivity contribution < 1.29 is 8.42 Å². The van der Waals surface area contributed by atoms with E-state index in [4.69, 9.17) is 0 Å². The summed E-state index contributed by atoms with van der Waals surface area (Å²) in [6, 6.07) is 0.530. The Bertz CT molecular complexity index is 504. The van der Waals surface area contributed by atoms with Crippen LogP contribution in [0.25, 0.3) is 0 Å². The predicted octanol–water partition coefficient (Wildman–Crippen LogP) is 1.15. The van der Waals surface area contributed by atoms with Crippen LogP contribution >= 0.6 is 0 Å². The first-order valence-electron chi connectivity index (χ1n) is 7.10. The number of aromatic amines is 1. The molecule has 1 saturated heterocycles. The summed E-state index contributed by atoms with van der Waals surface area (Å²) in [6.07, 6.45) is 4.66. The van der Waals surface area contributed by atoms with Gasteiger partial charge in [-0.05, 0) is 39.7 Å². The van der Waals surface area contributed by atoms with Crippen LogP contribution in [0.3, 0.4) is 0 Å². The largest absolute Gasteiger partial charge is 0.304 e. The van der Waals surface area contributed by atoms with Crippen molar-refractivity contribution in [3.8, 4) is 0 Å². The Kier molecular flexibility index (Phi) is 4.82. The normalized spacial score (nSPS) is 19.1. The molecule has 0 unspecified atom stereocenters. The molecular formula is C13H24N4O2S. The van der Waals surface area contributed by atoms with E-state index < -0.39 is 10.0 Å². The number of hydrogen-bond donors (Lipinski definition) is 1. The molecule has 2 heterocycles. The molecule has 0 spiro atoms. The lowest BCUT2D eigenvalue weighted by molar-refractivity contribution is 0.182. The fourth-order valence-electron chi connectivity index (χ4n) is 2.48. The first-order valence-corrected chi connectivity index (χ1v) is 8.54. The smallest absolute Gasteiger partial charge is 0.246 e. The summed E-state index contributed by atoms with van der Waals surface area (Å²) in [5, 5.41) is 6.28. The average Bonchev–Trinajstić information content (AvgIpc) is 2.93. The Hall–Kier alpha value is -0.920. The molecule has 1 fully saturated rings. The number of aromatic nitrogens is 2. The summed E-state index contributed by atoms with van der Waals surface area (Å²) in [4.78, 5) is 2.58. The highest BCUT2D eigenvalue weighted by molar-refractivity contribution is 7.89. The molecule has 1 aliphatic heterocycles. The van der Waals surface area contributed by atoms with Gasteiger partial charge >= 0.3 is 0 Å². The van der Waals surface area contributed by atoms with E-state index in [2.05, 4.69) is 36.0 Å². The van der Waals surface area contributed by atoms with Crippen LogP contribution in [0.1, 0.15) is 26.7 Å². The number of sulfonamides is 1. The summed E-state index contributed by atoms with van der Waals surface area (Å²) in [5.41, 5.74) is 0. The van der Waals surface area contributed by atoms with E-state index in [1.807, 2.05) is 0 Å². The maximum atomic E-state index is 12.3. The van der Waals surface area contributed by atoms with E-state index in [0.29, 0.717) is 25.0 Å². The zero-order valence-electron chi connectivity index (χ0n) is 12.4. The molecule has 1 aliphatic rings. The Labute approximate surface area is 121 Å². The van der Waals surface area contributed by atoms with Crippen molar-refractivity contribution in [3.63, 3.8) is 0 Å². The van der Waals surface area contributed by atoms with Crippen LogP contribution in [-0.4, -0.2) is 60.5 Å². The SMILES string of the molecule is CC(C)N(C)CC1CCN(S(=O)(=O)c2cn[nH]c2)CC1. The molecule has 1 aromatic rings. The molecule has 0 amide bonds. The molecule has 0 atom stereocenters. The summed E-state index contributed by atoms with van der Waals surface area (Å²) in [7, 11) is -1.24. The number of H-pyrrole nitrogens is 1. The maximum Gasteiger partial charge on any atom is 0.246 e. The zero-order chi connectivity index (χ0) is 14.8. The van der Waals surface area contributed by atoms with E-state index in [0.717, 1.165) is 19.4 Å². The molecule has 114 valence electrons. The van der Waals surface area contributed by atoms with Gasteiger partial charge in [0.1, 0.15) is 4.90 Å². The third kappa shape index (κ3) is 3.39. The van der Waals surface area contributed by atoms with E-state index >= 15 is 0 Å².